The molecule has 0 unspecified atom stereocenters. The minimum Gasteiger partial charge on any atom is -1.00 e. The maximum Gasteiger partial charge on any atom is 0.313 e. The van der Waals surface area contributed by atoms with Crippen LogP contribution in [0.15, 0.2) is 24.3 Å². The van der Waals surface area contributed by atoms with Crippen molar-refractivity contribution in [2.45, 2.75) is 46.0 Å². The molecule has 360 valence electrons. The standard InChI is InChI=1S/C19H27N3O9.C14H21N3O6.C5H6O3.CH4.ClH/c1-29-13-6-5-12(18(27)17(13)19(20)28)22-15(24)11-31-10-9-30-8-7-21-14(23)3-2-4-16(25)26;1-21-10-3-2-9(13(19)12(10)14(16)20)17-11(18)8-23-7-6-22-5-4-15;6-4-2-1-3-5(7)8-4;;/h5-6,27H,2-4,7-11H2,1H3,(H2,20,28)(H,21,23)(H,22,24)(H,25,26);2-3,19H,4-8,15H2,1H3,(H2,16,20)(H,17,18);1-3H2;1H4;1H. The van der Waals surface area contributed by atoms with Crippen molar-refractivity contribution < 1.29 is 105 Å². The highest BCUT2D eigenvalue weighted by Crippen LogP contribution is 2.35. The number of amides is 5. The number of quaternary nitrogens is 1. The van der Waals surface area contributed by atoms with E-state index in [1.54, 1.807) is 0 Å². The number of hydrogen-bond acceptors (Lipinski definition) is 17. The monoisotopic (exact) mass is 934 g/mol. The maximum atomic E-state index is 11.9. The number of aromatic hydroxyl groups is 2. The lowest BCUT2D eigenvalue weighted by atomic mass is 10.1. The average molecular weight is 935 g/mol. The Morgan fingerprint density at radius 1 is 0.688 bits per heavy atom. The number of hydrogen-bond donors (Lipinski definition) is 9. The van der Waals surface area contributed by atoms with E-state index in [-0.39, 0.29) is 137 Å². The number of carboxylic acid groups (broad SMARTS) is 1. The summed E-state index contributed by atoms with van der Waals surface area (Å²) in [6.45, 7) is 2.08. The number of carboxylic acids is 1. The van der Waals surface area contributed by atoms with Crippen LogP contribution in [-0.2, 0) is 52.5 Å². The zero-order valence-corrected chi connectivity index (χ0v) is 35.6. The lowest BCUT2D eigenvalue weighted by Crippen LogP contribution is -3.00. The summed E-state index contributed by atoms with van der Waals surface area (Å²) in [5.74, 6) is -5.56. The van der Waals surface area contributed by atoms with E-state index < -0.39 is 41.1 Å². The van der Waals surface area contributed by atoms with Gasteiger partial charge in [0.05, 0.1) is 71.8 Å². The number of cyclic esters (lactones) is 2. The van der Waals surface area contributed by atoms with Gasteiger partial charge in [0, 0.05) is 32.2 Å². The van der Waals surface area contributed by atoms with Gasteiger partial charge in [-0.2, -0.15) is 0 Å². The second kappa shape index (κ2) is 34.2. The van der Waals surface area contributed by atoms with Crippen molar-refractivity contribution in [1.82, 2.24) is 5.32 Å². The Morgan fingerprint density at radius 2 is 1.12 bits per heavy atom. The number of esters is 2. The van der Waals surface area contributed by atoms with E-state index in [2.05, 4.69) is 26.4 Å². The molecule has 0 atom stereocenters. The van der Waals surface area contributed by atoms with E-state index in [0.717, 1.165) is 0 Å². The highest BCUT2D eigenvalue weighted by atomic mass is 35.5. The number of nitrogens with two attached hydrogens (primary N) is 2. The molecule has 1 saturated heterocycles. The van der Waals surface area contributed by atoms with Crippen LogP contribution in [0.4, 0.5) is 11.4 Å². The topological polar surface area (TPSA) is 378 Å². The Balaban J connectivity index is 0. The van der Waals surface area contributed by atoms with Gasteiger partial charge >= 0.3 is 17.9 Å². The summed E-state index contributed by atoms with van der Waals surface area (Å²) in [5.41, 5.74) is 13.6. The third-order valence-corrected chi connectivity index (χ3v) is 7.61. The Bertz CT molecular complexity index is 1820. The molecule has 0 aromatic heterocycles. The number of halogens is 1. The molecule has 1 fully saturated rings. The fourth-order valence-corrected chi connectivity index (χ4v) is 4.76. The number of aliphatic carboxylic acids is 1. The number of rotatable bonds is 25. The summed E-state index contributed by atoms with van der Waals surface area (Å²) in [5, 5.41) is 36.1. The van der Waals surface area contributed by atoms with Crippen molar-refractivity contribution in [2.24, 2.45) is 11.5 Å². The number of ether oxygens (including phenoxy) is 7. The first kappa shape index (κ1) is 59.8. The van der Waals surface area contributed by atoms with E-state index in [1.165, 1.54) is 38.5 Å². The molecule has 1 aliphatic rings. The molecule has 3 rings (SSSR count). The first-order valence-corrected chi connectivity index (χ1v) is 18.9. The number of carbonyl (C=O) groups excluding carboxylic acids is 7. The number of methoxy groups -OCH3 is 2. The van der Waals surface area contributed by atoms with Crippen LogP contribution in [0.5, 0.6) is 23.0 Å². The smallest absolute Gasteiger partial charge is 0.313 e. The second-order valence-corrected chi connectivity index (χ2v) is 12.4. The molecule has 5 amide bonds. The lowest BCUT2D eigenvalue weighted by Gasteiger charge is -2.13. The summed E-state index contributed by atoms with van der Waals surface area (Å²) in [6, 6.07) is 5.56. The highest BCUT2D eigenvalue weighted by molar-refractivity contribution is 6.03. The Labute approximate surface area is 375 Å². The first-order chi connectivity index (χ1) is 29.6. The summed E-state index contributed by atoms with van der Waals surface area (Å²) in [4.78, 5) is 88.7. The van der Waals surface area contributed by atoms with Gasteiger partial charge in [-0.05, 0) is 37.1 Å². The van der Waals surface area contributed by atoms with Crippen LogP contribution in [-0.4, -0.2) is 143 Å². The first-order valence-electron chi connectivity index (χ1n) is 18.9. The fourth-order valence-electron chi connectivity index (χ4n) is 4.76. The molecule has 1 aliphatic heterocycles. The van der Waals surface area contributed by atoms with Crippen LogP contribution in [0, 0.1) is 0 Å². The van der Waals surface area contributed by atoms with Crippen LogP contribution < -0.4 is 55.0 Å². The molecule has 0 spiro atoms. The molecule has 0 aliphatic carbocycles. The second-order valence-electron chi connectivity index (χ2n) is 12.4. The van der Waals surface area contributed by atoms with Gasteiger partial charge in [0.25, 0.3) is 11.8 Å². The van der Waals surface area contributed by atoms with E-state index in [0.29, 0.717) is 39.0 Å². The third-order valence-electron chi connectivity index (χ3n) is 7.61. The molecule has 64 heavy (non-hydrogen) atoms. The van der Waals surface area contributed by atoms with Gasteiger partial charge < -0.3 is 94.0 Å². The van der Waals surface area contributed by atoms with Crippen molar-refractivity contribution in [2.75, 3.05) is 90.8 Å². The van der Waals surface area contributed by atoms with E-state index >= 15 is 0 Å². The minimum atomic E-state index is -0.943. The van der Waals surface area contributed by atoms with Crippen LogP contribution in [0.3, 0.4) is 0 Å². The highest BCUT2D eigenvalue weighted by Gasteiger charge is 2.21. The fraction of sp³-hybridized carbons (Fsp3) is 0.487. The maximum absolute atomic E-state index is 11.9. The number of anilines is 2. The molecule has 24 nitrogen and oxygen atoms in total. The number of nitrogens with one attached hydrogen (secondary N) is 3. The van der Waals surface area contributed by atoms with Gasteiger partial charge in [0.2, 0.25) is 17.7 Å². The molecule has 25 heteroatoms. The number of benzene rings is 2. The van der Waals surface area contributed by atoms with Crippen molar-refractivity contribution >= 4 is 58.8 Å². The molecule has 0 bridgehead atoms. The van der Waals surface area contributed by atoms with Crippen molar-refractivity contribution in [1.29, 1.82) is 0 Å². The predicted molar refractivity (Wildman–Crippen MR) is 221 cm³/mol. The number of phenols is 2. The number of primary amides is 2. The molecule has 2 aromatic rings. The predicted octanol–water partition coefficient (Wildman–Crippen LogP) is -3.56. The zero-order valence-electron chi connectivity index (χ0n) is 34.8. The Morgan fingerprint density at radius 3 is 1.50 bits per heavy atom. The molecule has 0 radical (unpaired) electrons. The van der Waals surface area contributed by atoms with Crippen LogP contribution in [0.1, 0.15) is 66.7 Å². The van der Waals surface area contributed by atoms with Crippen molar-refractivity contribution in [3.8, 4) is 23.0 Å². The van der Waals surface area contributed by atoms with E-state index in [9.17, 15) is 48.6 Å². The van der Waals surface area contributed by atoms with Crippen LogP contribution in [0.2, 0.25) is 0 Å². The largest absolute Gasteiger partial charge is 1.00 e. The molecule has 2 aromatic carbocycles. The quantitative estimate of drug-likeness (QED) is 0.0201. The molecule has 0 saturated carbocycles. The molecular weight excluding hydrogens is 876 g/mol. The van der Waals surface area contributed by atoms with Crippen molar-refractivity contribution in [3.63, 3.8) is 0 Å². The molecular formula is C39H59ClN6O18. The summed E-state index contributed by atoms with van der Waals surface area (Å²) in [6.07, 6.45) is 1.79. The summed E-state index contributed by atoms with van der Waals surface area (Å²) < 4.78 is 34.8. The van der Waals surface area contributed by atoms with Gasteiger partial charge in [0.15, 0.2) is 11.5 Å². The van der Waals surface area contributed by atoms with Crippen LogP contribution in [0.25, 0.3) is 0 Å². The normalized spacial score (nSPS) is 11.3. The Hall–Kier alpha value is -6.31. The van der Waals surface area contributed by atoms with E-state index in [1.807, 2.05) is 0 Å². The van der Waals surface area contributed by atoms with Crippen LogP contribution >= 0.6 is 0 Å². The van der Waals surface area contributed by atoms with Gasteiger partial charge in [-0.25, -0.2) is 0 Å². The SMILES string of the molecule is C.COc1ccc(NC(=O)COCCOCCNC(=O)CCCC(=O)O)c(O)c1C(N)=O.COc1ccc(NC(=O)COCCOCC[NH3+])c(O)c1C(N)=O.O=C1CCCC(=O)O1.[Cl-]. The van der Waals surface area contributed by atoms with E-state index in [4.69, 9.17) is 45.0 Å². The molecule has 1 heterocycles. The third kappa shape index (κ3) is 24.4. The lowest BCUT2D eigenvalue weighted by molar-refractivity contribution is -0.374. The summed E-state index contributed by atoms with van der Waals surface area (Å²) in [7, 11) is 2.65. The average Bonchev–Trinajstić information content (AvgIpc) is 3.21. The van der Waals surface area contributed by atoms with Gasteiger partial charge in [0.1, 0.15) is 35.8 Å². The van der Waals surface area contributed by atoms with Crippen molar-refractivity contribution in [3.05, 3.63) is 35.4 Å². The Kier molecular flexibility index (Phi) is 32.0. The molecule has 13 N–H and O–H groups in total. The number of carbonyl (C=O) groups is 8. The van der Waals surface area contributed by atoms with Gasteiger partial charge in [-0.15, -0.1) is 0 Å². The minimum absolute atomic E-state index is 0. The van der Waals surface area contributed by atoms with Gasteiger partial charge in [-0.3, -0.25) is 38.4 Å². The zero-order chi connectivity index (χ0) is 46.5. The summed E-state index contributed by atoms with van der Waals surface area (Å²) >= 11 is 0. The van der Waals surface area contributed by atoms with Gasteiger partial charge in [-0.1, -0.05) is 7.43 Å².